The van der Waals surface area contributed by atoms with Crippen molar-refractivity contribution in [3.8, 4) is 0 Å². The van der Waals surface area contributed by atoms with E-state index in [1.807, 2.05) is 20.8 Å². The van der Waals surface area contributed by atoms with Gasteiger partial charge in [-0.2, -0.15) is 0 Å². The lowest BCUT2D eigenvalue weighted by molar-refractivity contribution is -0.137. The molecule has 1 amide bonds. The molecule has 16 heavy (non-hydrogen) atoms. The monoisotopic (exact) mass is 230 g/mol. The van der Waals surface area contributed by atoms with Crippen molar-refractivity contribution in [2.24, 2.45) is 0 Å². The number of carbonyl (C=O) groups is 2. The molecule has 0 saturated carbocycles. The molecule has 3 N–H and O–H groups in total. The van der Waals surface area contributed by atoms with Gasteiger partial charge in [0.1, 0.15) is 0 Å². The van der Waals surface area contributed by atoms with Crippen LogP contribution in [0.2, 0.25) is 0 Å². The maximum atomic E-state index is 11.4. The summed E-state index contributed by atoms with van der Waals surface area (Å²) >= 11 is 0. The Labute approximate surface area is 96.6 Å². The Kier molecular flexibility index (Phi) is 7.54. The number of carboxylic acid groups (broad SMARTS) is 1. The third-order valence-corrected chi connectivity index (χ3v) is 2.10. The molecule has 0 aromatic rings. The normalized spacial score (nSPS) is 12.5. The first-order chi connectivity index (χ1) is 7.41. The molecule has 0 heterocycles. The molecule has 0 aliphatic heterocycles. The van der Waals surface area contributed by atoms with Crippen molar-refractivity contribution in [1.82, 2.24) is 10.6 Å². The molecule has 0 aromatic heterocycles. The Balaban J connectivity index is 3.58. The van der Waals surface area contributed by atoms with Gasteiger partial charge in [0.05, 0.1) is 0 Å². The van der Waals surface area contributed by atoms with E-state index < -0.39 is 5.97 Å². The van der Waals surface area contributed by atoms with Crippen molar-refractivity contribution in [2.75, 3.05) is 6.54 Å². The summed E-state index contributed by atoms with van der Waals surface area (Å²) in [5.41, 5.74) is 0. The van der Waals surface area contributed by atoms with Gasteiger partial charge in [0.2, 0.25) is 5.91 Å². The highest BCUT2D eigenvalue weighted by molar-refractivity contribution is 5.76. The Morgan fingerprint density at radius 2 is 1.81 bits per heavy atom. The first kappa shape index (κ1) is 14.9. The highest BCUT2D eigenvalue weighted by atomic mass is 16.4. The van der Waals surface area contributed by atoms with Gasteiger partial charge in [-0.05, 0) is 13.3 Å². The zero-order chi connectivity index (χ0) is 12.6. The molecule has 0 radical (unpaired) electrons. The van der Waals surface area contributed by atoms with E-state index in [9.17, 15) is 9.59 Å². The lowest BCUT2D eigenvalue weighted by Crippen LogP contribution is -2.35. The topological polar surface area (TPSA) is 78.4 Å². The third kappa shape index (κ3) is 9.45. The van der Waals surface area contributed by atoms with Crippen molar-refractivity contribution < 1.29 is 14.7 Å². The Morgan fingerprint density at radius 3 is 2.31 bits per heavy atom. The van der Waals surface area contributed by atoms with E-state index in [1.165, 1.54) is 0 Å². The predicted molar refractivity (Wildman–Crippen MR) is 62.2 cm³/mol. The number of carboxylic acids is 1. The molecule has 0 fully saturated rings. The fourth-order valence-electron chi connectivity index (χ4n) is 1.23. The van der Waals surface area contributed by atoms with Crippen LogP contribution in [0, 0.1) is 0 Å². The highest BCUT2D eigenvalue weighted by Gasteiger charge is 2.08. The van der Waals surface area contributed by atoms with E-state index in [0.717, 1.165) is 0 Å². The van der Waals surface area contributed by atoms with Crippen LogP contribution in [0.25, 0.3) is 0 Å². The minimum atomic E-state index is -0.831. The van der Waals surface area contributed by atoms with Gasteiger partial charge < -0.3 is 15.7 Å². The highest BCUT2D eigenvalue weighted by Crippen LogP contribution is 1.96. The number of amides is 1. The summed E-state index contributed by atoms with van der Waals surface area (Å²) in [4.78, 5) is 21.7. The van der Waals surface area contributed by atoms with Crippen molar-refractivity contribution >= 4 is 11.9 Å². The standard InChI is InChI=1S/C11H22N2O3/c1-8(2)12-7-6-10(14)13-9(3)4-5-11(15)16/h8-9,12H,4-7H2,1-3H3,(H,13,14)(H,15,16). The maximum absolute atomic E-state index is 11.4. The van der Waals surface area contributed by atoms with Crippen LogP contribution in [0.15, 0.2) is 0 Å². The van der Waals surface area contributed by atoms with Crippen LogP contribution in [-0.4, -0.2) is 35.6 Å². The van der Waals surface area contributed by atoms with Crippen LogP contribution in [-0.2, 0) is 9.59 Å². The summed E-state index contributed by atoms with van der Waals surface area (Å²) < 4.78 is 0. The fraction of sp³-hybridized carbons (Fsp3) is 0.818. The number of rotatable bonds is 8. The lowest BCUT2D eigenvalue weighted by atomic mass is 10.2. The average molecular weight is 230 g/mol. The molecule has 0 spiro atoms. The SMILES string of the molecule is CC(C)NCCC(=O)NC(C)CCC(=O)O. The Morgan fingerprint density at radius 1 is 1.19 bits per heavy atom. The summed E-state index contributed by atoms with van der Waals surface area (Å²) in [7, 11) is 0. The van der Waals surface area contributed by atoms with Gasteiger partial charge in [0.25, 0.3) is 0 Å². The predicted octanol–water partition coefficient (Wildman–Crippen LogP) is 0.744. The minimum absolute atomic E-state index is 0.0361. The zero-order valence-corrected chi connectivity index (χ0v) is 10.2. The Hall–Kier alpha value is -1.10. The Bertz CT molecular complexity index is 229. The molecule has 0 aliphatic rings. The first-order valence-corrected chi connectivity index (χ1v) is 5.66. The number of nitrogens with one attached hydrogen (secondary N) is 2. The third-order valence-electron chi connectivity index (χ3n) is 2.10. The van der Waals surface area contributed by atoms with Gasteiger partial charge in [-0.1, -0.05) is 13.8 Å². The lowest BCUT2D eigenvalue weighted by Gasteiger charge is -2.13. The van der Waals surface area contributed by atoms with Crippen LogP contribution in [0.1, 0.15) is 40.0 Å². The van der Waals surface area contributed by atoms with Gasteiger partial charge >= 0.3 is 5.97 Å². The second kappa shape index (κ2) is 8.10. The van der Waals surface area contributed by atoms with E-state index in [1.54, 1.807) is 0 Å². The second-order valence-electron chi connectivity index (χ2n) is 4.26. The molecule has 94 valence electrons. The van der Waals surface area contributed by atoms with Crippen LogP contribution < -0.4 is 10.6 Å². The zero-order valence-electron chi connectivity index (χ0n) is 10.2. The molecule has 5 heteroatoms. The van der Waals surface area contributed by atoms with Crippen molar-refractivity contribution in [2.45, 2.75) is 52.1 Å². The van der Waals surface area contributed by atoms with Crippen molar-refractivity contribution in [3.63, 3.8) is 0 Å². The largest absolute Gasteiger partial charge is 0.481 e. The summed E-state index contributed by atoms with van der Waals surface area (Å²) in [6.07, 6.45) is 0.986. The molecule has 0 rings (SSSR count). The summed E-state index contributed by atoms with van der Waals surface area (Å²) in [5, 5.41) is 14.4. The van der Waals surface area contributed by atoms with E-state index in [0.29, 0.717) is 25.4 Å². The van der Waals surface area contributed by atoms with Gasteiger partial charge in [0, 0.05) is 31.5 Å². The molecule has 0 aromatic carbocycles. The summed E-state index contributed by atoms with van der Waals surface area (Å²) in [6, 6.07) is 0.292. The maximum Gasteiger partial charge on any atom is 0.303 e. The quantitative estimate of drug-likeness (QED) is 0.575. The van der Waals surface area contributed by atoms with E-state index >= 15 is 0 Å². The number of carbonyl (C=O) groups excluding carboxylic acids is 1. The first-order valence-electron chi connectivity index (χ1n) is 5.66. The molecule has 5 nitrogen and oxygen atoms in total. The molecular formula is C11H22N2O3. The van der Waals surface area contributed by atoms with E-state index in [2.05, 4.69) is 10.6 Å². The molecule has 1 unspecified atom stereocenters. The number of hydrogen-bond acceptors (Lipinski definition) is 3. The van der Waals surface area contributed by atoms with E-state index in [-0.39, 0.29) is 18.4 Å². The van der Waals surface area contributed by atoms with Gasteiger partial charge in [-0.3, -0.25) is 9.59 Å². The van der Waals surface area contributed by atoms with Crippen molar-refractivity contribution in [1.29, 1.82) is 0 Å². The average Bonchev–Trinajstić information content (AvgIpc) is 2.14. The smallest absolute Gasteiger partial charge is 0.303 e. The van der Waals surface area contributed by atoms with Gasteiger partial charge in [-0.25, -0.2) is 0 Å². The van der Waals surface area contributed by atoms with E-state index in [4.69, 9.17) is 5.11 Å². The minimum Gasteiger partial charge on any atom is -0.481 e. The van der Waals surface area contributed by atoms with Crippen LogP contribution in [0.3, 0.4) is 0 Å². The number of aliphatic carboxylic acids is 1. The second-order valence-corrected chi connectivity index (χ2v) is 4.26. The number of hydrogen-bond donors (Lipinski definition) is 3. The van der Waals surface area contributed by atoms with Gasteiger partial charge in [0.15, 0.2) is 0 Å². The molecule has 0 saturated heterocycles. The van der Waals surface area contributed by atoms with Crippen LogP contribution in [0.5, 0.6) is 0 Å². The van der Waals surface area contributed by atoms with Gasteiger partial charge in [-0.15, -0.1) is 0 Å². The van der Waals surface area contributed by atoms with Crippen LogP contribution >= 0.6 is 0 Å². The van der Waals surface area contributed by atoms with Crippen molar-refractivity contribution in [3.05, 3.63) is 0 Å². The molecular weight excluding hydrogens is 208 g/mol. The molecule has 0 bridgehead atoms. The fourth-order valence-corrected chi connectivity index (χ4v) is 1.23. The van der Waals surface area contributed by atoms with Crippen LogP contribution in [0.4, 0.5) is 0 Å². The summed E-state index contributed by atoms with van der Waals surface area (Å²) in [5.74, 6) is -0.867. The summed E-state index contributed by atoms with van der Waals surface area (Å²) in [6.45, 7) is 6.51. The molecule has 0 aliphatic carbocycles. The molecule has 1 atom stereocenters.